The van der Waals surface area contributed by atoms with Crippen molar-refractivity contribution in [1.29, 1.82) is 0 Å². The summed E-state index contributed by atoms with van der Waals surface area (Å²) in [5.74, 6) is -1.88. The van der Waals surface area contributed by atoms with Gasteiger partial charge in [-0.2, -0.15) is 13.2 Å². The van der Waals surface area contributed by atoms with Gasteiger partial charge in [0.05, 0.1) is 0 Å². The van der Waals surface area contributed by atoms with Crippen molar-refractivity contribution in [2.24, 2.45) is 5.92 Å². The molecule has 21 heavy (non-hydrogen) atoms. The lowest BCUT2D eigenvalue weighted by Gasteiger charge is -2.35. The molecule has 1 rings (SSSR count). The Morgan fingerprint density at radius 3 is 2.24 bits per heavy atom. The highest BCUT2D eigenvalue weighted by molar-refractivity contribution is 5.86. The van der Waals surface area contributed by atoms with Crippen LogP contribution in [0.5, 0.6) is 0 Å². The number of likely N-dealkylation sites (tertiary alicyclic amines) is 1. The molecule has 0 aromatic carbocycles. The van der Waals surface area contributed by atoms with Gasteiger partial charge in [0.1, 0.15) is 0 Å². The van der Waals surface area contributed by atoms with Crippen molar-refractivity contribution in [2.75, 3.05) is 26.8 Å². The van der Waals surface area contributed by atoms with E-state index in [2.05, 4.69) is 0 Å². The molecule has 6 nitrogen and oxygen atoms in total. The Kier molecular flexibility index (Phi) is 5.43. The summed E-state index contributed by atoms with van der Waals surface area (Å²) in [6.45, 7) is 1.51. The maximum Gasteiger partial charge on any atom is 0.422 e. The predicted octanol–water partition coefficient (Wildman–Crippen LogP) is 1.46. The van der Waals surface area contributed by atoms with Crippen LogP contribution in [0.2, 0.25) is 0 Å². The highest BCUT2D eigenvalue weighted by Crippen LogP contribution is 2.31. The summed E-state index contributed by atoms with van der Waals surface area (Å²) >= 11 is 0. The van der Waals surface area contributed by atoms with E-state index in [-0.39, 0.29) is 19.0 Å². The summed E-state index contributed by atoms with van der Waals surface area (Å²) in [7, 11) is 1.56. The SMILES string of the molecule is COCC1CCN(C(=O)NC(C)(C(=O)O)C(F)(F)F)CC1. The molecular formula is C12H19F3N2O4. The van der Waals surface area contributed by atoms with Crippen molar-refractivity contribution in [3.63, 3.8) is 0 Å². The second kappa shape index (κ2) is 6.50. The number of carboxylic acid groups (broad SMARTS) is 1. The quantitative estimate of drug-likeness (QED) is 0.824. The number of ether oxygens (including phenoxy) is 1. The van der Waals surface area contributed by atoms with Gasteiger partial charge in [-0.1, -0.05) is 0 Å². The zero-order valence-corrected chi connectivity index (χ0v) is 11.9. The molecule has 2 amide bonds. The lowest BCUT2D eigenvalue weighted by atomic mass is 9.98. The van der Waals surface area contributed by atoms with Gasteiger partial charge >= 0.3 is 18.2 Å². The van der Waals surface area contributed by atoms with Gasteiger partial charge in [0.25, 0.3) is 0 Å². The molecule has 1 atom stereocenters. The first-order valence-electron chi connectivity index (χ1n) is 6.48. The zero-order chi connectivity index (χ0) is 16.3. The molecule has 0 aliphatic carbocycles. The standard InChI is InChI=1S/C12H19F3N2O4/c1-11(9(18)19,12(13,14)15)16-10(20)17-5-3-8(4-6-17)7-21-2/h8H,3-7H2,1-2H3,(H,16,20)(H,18,19). The third-order valence-electron chi connectivity index (χ3n) is 3.66. The number of carboxylic acids is 1. The Labute approximate surface area is 120 Å². The van der Waals surface area contributed by atoms with Crippen LogP contribution in [0.4, 0.5) is 18.0 Å². The van der Waals surface area contributed by atoms with Crippen molar-refractivity contribution in [1.82, 2.24) is 10.2 Å². The van der Waals surface area contributed by atoms with Gasteiger partial charge in [0.2, 0.25) is 5.54 Å². The number of nitrogens with zero attached hydrogens (tertiary/aromatic N) is 1. The zero-order valence-electron chi connectivity index (χ0n) is 11.9. The van der Waals surface area contributed by atoms with E-state index in [0.29, 0.717) is 26.4 Å². The summed E-state index contributed by atoms with van der Waals surface area (Å²) in [5, 5.41) is 10.3. The molecule has 0 bridgehead atoms. The molecule has 0 radical (unpaired) electrons. The van der Waals surface area contributed by atoms with Crippen LogP contribution >= 0.6 is 0 Å². The van der Waals surface area contributed by atoms with Gasteiger partial charge in [-0.25, -0.2) is 9.59 Å². The molecular weight excluding hydrogens is 293 g/mol. The minimum atomic E-state index is -5.08. The third kappa shape index (κ3) is 3.99. The highest BCUT2D eigenvalue weighted by atomic mass is 19.4. The third-order valence-corrected chi connectivity index (χ3v) is 3.66. The number of carbonyl (C=O) groups excluding carboxylic acids is 1. The van der Waals surface area contributed by atoms with Crippen LogP contribution in [0.25, 0.3) is 0 Å². The van der Waals surface area contributed by atoms with E-state index in [1.807, 2.05) is 0 Å². The van der Waals surface area contributed by atoms with Crippen LogP contribution in [0, 0.1) is 5.92 Å². The van der Waals surface area contributed by atoms with Crippen LogP contribution in [0.15, 0.2) is 0 Å². The number of piperidine rings is 1. The van der Waals surface area contributed by atoms with Crippen LogP contribution in [-0.4, -0.2) is 60.5 Å². The number of halogens is 3. The van der Waals surface area contributed by atoms with Crippen LogP contribution in [0.1, 0.15) is 19.8 Å². The minimum absolute atomic E-state index is 0.257. The number of aliphatic carboxylic acids is 1. The molecule has 122 valence electrons. The number of alkyl halides is 3. The maximum absolute atomic E-state index is 12.8. The molecule has 0 saturated carbocycles. The number of hydrogen-bond acceptors (Lipinski definition) is 3. The van der Waals surface area contributed by atoms with Crippen molar-refractivity contribution in [3.8, 4) is 0 Å². The Bertz CT molecular complexity index is 394. The van der Waals surface area contributed by atoms with Gasteiger partial charge in [-0.15, -0.1) is 0 Å². The second-order valence-electron chi connectivity index (χ2n) is 5.24. The fraction of sp³-hybridized carbons (Fsp3) is 0.833. The van der Waals surface area contributed by atoms with Gasteiger partial charge in [0, 0.05) is 26.8 Å². The monoisotopic (exact) mass is 312 g/mol. The molecule has 9 heteroatoms. The van der Waals surface area contributed by atoms with Crippen LogP contribution in [-0.2, 0) is 9.53 Å². The lowest BCUT2D eigenvalue weighted by molar-refractivity contribution is -0.203. The smallest absolute Gasteiger partial charge is 0.422 e. The maximum atomic E-state index is 12.8. The summed E-state index contributed by atoms with van der Waals surface area (Å²) in [6, 6.07) is -1.02. The van der Waals surface area contributed by atoms with Crippen molar-refractivity contribution < 1.29 is 32.6 Å². The molecule has 1 aliphatic rings. The van der Waals surface area contributed by atoms with E-state index >= 15 is 0 Å². The van der Waals surface area contributed by atoms with Gasteiger partial charge < -0.3 is 20.1 Å². The predicted molar refractivity (Wildman–Crippen MR) is 66.8 cm³/mol. The van der Waals surface area contributed by atoms with E-state index in [9.17, 15) is 22.8 Å². The minimum Gasteiger partial charge on any atom is -0.479 e. The van der Waals surface area contributed by atoms with Gasteiger partial charge in [-0.05, 0) is 25.7 Å². The fourth-order valence-corrected chi connectivity index (χ4v) is 2.08. The lowest BCUT2D eigenvalue weighted by Crippen LogP contribution is -2.64. The van der Waals surface area contributed by atoms with E-state index in [1.165, 1.54) is 4.90 Å². The summed E-state index contributed by atoms with van der Waals surface area (Å²) in [5.41, 5.74) is -3.30. The number of nitrogens with one attached hydrogen (secondary N) is 1. The van der Waals surface area contributed by atoms with Gasteiger partial charge in [0.15, 0.2) is 0 Å². The van der Waals surface area contributed by atoms with Crippen molar-refractivity contribution in [2.45, 2.75) is 31.5 Å². The van der Waals surface area contributed by atoms with E-state index in [1.54, 1.807) is 12.4 Å². The molecule has 1 fully saturated rings. The number of rotatable bonds is 4. The number of hydrogen-bond donors (Lipinski definition) is 2. The van der Waals surface area contributed by atoms with Crippen LogP contribution < -0.4 is 5.32 Å². The summed E-state index contributed by atoms with van der Waals surface area (Å²) < 4.78 is 43.4. The van der Waals surface area contributed by atoms with E-state index in [0.717, 1.165) is 0 Å². The highest BCUT2D eigenvalue weighted by Gasteiger charge is 2.58. The number of urea groups is 1. The molecule has 1 heterocycles. The fourth-order valence-electron chi connectivity index (χ4n) is 2.08. The van der Waals surface area contributed by atoms with E-state index in [4.69, 9.17) is 9.84 Å². The second-order valence-corrected chi connectivity index (χ2v) is 5.24. The van der Waals surface area contributed by atoms with Crippen molar-refractivity contribution in [3.05, 3.63) is 0 Å². The first kappa shape index (κ1) is 17.5. The van der Waals surface area contributed by atoms with Gasteiger partial charge in [-0.3, -0.25) is 0 Å². The molecule has 2 N–H and O–H groups in total. The summed E-state index contributed by atoms with van der Waals surface area (Å²) in [4.78, 5) is 23.9. The number of amides is 2. The average molecular weight is 312 g/mol. The number of carbonyl (C=O) groups is 2. The van der Waals surface area contributed by atoms with Crippen LogP contribution in [0.3, 0.4) is 0 Å². The molecule has 1 aliphatic heterocycles. The summed E-state index contributed by atoms with van der Waals surface area (Å²) in [6.07, 6.45) is -3.86. The molecule has 1 unspecified atom stereocenters. The van der Waals surface area contributed by atoms with E-state index < -0.39 is 23.7 Å². The molecule has 1 saturated heterocycles. The Morgan fingerprint density at radius 2 is 1.86 bits per heavy atom. The first-order valence-corrected chi connectivity index (χ1v) is 6.48. The largest absolute Gasteiger partial charge is 0.479 e. The molecule has 0 spiro atoms. The Balaban J connectivity index is 2.66. The Morgan fingerprint density at radius 1 is 1.33 bits per heavy atom. The molecule has 0 aromatic heterocycles. The first-order chi connectivity index (χ1) is 9.61. The van der Waals surface area contributed by atoms with Crippen molar-refractivity contribution >= 4 is 12.0 Å². The normalized spacial score (nSPS) is 20.0. The average Bonchev–Trinajstić information content (AvgIpc) is 2.38. The number of methoxy groups -OCH3 is 1. The topological polar surface area (TPSA) is 78.9 Å². The molecule has 0 aromatic rings. The Hall–Kier alpha value is -1.51.